The first-order chi connectivity index (χ1) is 5.66. The van der Waals surface area contributed by atoms with Crippen LogP contribution in [0.3, 0.4) is 0 Å². The van der Waals surface area contributed by atoms with Gasteiger partial charge in [0.25, 0.3) is 0 Å². The monoisotopic (exact) mass is 254 g/mol. The molecule has 0 rings (SSSR count). The molecule has 2 nitrogen and oxygen atoms in total. The lowest BCUT2D eigenvalue weighted by Gasteiger charge is -2.02. The second-order valence-corrected chi connectivity index (χ2v) is 5.30. The van der Waals surface area contributed by atoms with Crippen molar-refractivity contribution in [3.8, 4) is 0 Å². The number of rotatable bonds is 6. The number of ether oxygens (including phenoxy) is 1. The number of carbonyl (C=O) groups is 1. The van der Waals surface area contributed by atoms with E-state index in [-0.39, 0.29) is 5.97 Å². The molecule has 4 heteroatoms. The van der Waals surface area contributed by atoms with E-state index < -0.39 is 0 Å². The number of halogens is 1. The molecule has 0 saturated heterocycles. The molecule has 0 N–H and O–H groups in total. The van der Waals surface area contributed by atoms with Gasteiger partial charge in [0.15, 0.2) is 0 Å². The summed E-state index contributed by atoms with van der Waals surface area (Å²) in [4.78, 5) is 11.2. The van der Waals surface area contributed by atoms with Gasteiger partial charge < -0.3 is 4.74 Å². The maximum Gasteiger partial charge on any atom is 0.306 e. The second-order valence-electron chi connectivity index (χ2n) is 2.51. The van der Waals surface area contributed by atoms with E-state index in [1.165, 1.54) is 7.11 Å². The van der Waals surface area contributed by atoms with Gasteiger partial charge in [-0.1, -0.05) is 22.9 Å². The Morgan fingerprint density at radius 3 is 2.75 bits per heavy atom. The van der Waals surface area contributed by atoms with Gasteiger partial charge in [-0.05, 0) is 12.2 Å². The standard InChI is InChI=1S/C8H15BrO2S/c1-7(9)3-5-12-6-4-8(10)11-2/h7H,3-6H2,1-2H3. The molecule has 0 heterocycles. The maximum absolute atomic E-state index is 10.7. The zero-order valence-electron chi connectivity index (χ0n) is 7.51. The number of esters is 1. The summed E-state index contributed by atoms with van der Waals surface area (Å²) in [5.41, 5.74) is 0. The molecule has 0 aromatic heterocycles. The van der Waals surface area contributed by atoms with Crippen molar-refractivity contribution in [1.29, 1.82) is 0 Å². The van der Waals surface area contributed by atoms with E-state index in [2.05, 4.69) is 27.6 Å². The highest BCUT2D eigenvalue weighted by Crippen LogP contribution is 2.10. The van der Waals surface area contributed by atoms with E-state index in [1.807, 2.05) is 0 Å². The lowest BCUT2D eigenvalue weighted by Crippen LogP contribution is -2.02. The van der Waals surface area contributed by atoms with Gasteiger partial charge in [-0.25, -0.2) is 0 Å². The highest BCUT2D eigenvalue weighted by molar-refractivity contribution is 9.09. The van der Waals surface area contributed by atoms with Gasteiger partial charge in [0.1, 0.15) is 0 Å². The minimum atomic E-state index is -0.116. The minimum Gasteiger partial charge on any atom is -0.469 e. The predicted octanol–water partition coefficient (Wildman–Crippen LogP) is 2.46. The van der Waals surface area contributed by atoms with Gasteiger partial charge in [0, 0.05) is 10.6 Å². The molecule has 0 aliphatic rings. The molecule has 72 valence electrons. The molecule has 0 amide bonds. The third-order valence-electron chi connectivity index (χ3n) is 1.34. The van der Waals surface area contributed by atoms with Crippen molar-refractivity contribution in [2.75, 3.05) is 18.6 Å². The lowest BCUT2D eigenvalue weighted by atomic mass is 10.4. The van der Waals surface area contributed by atoms with Gasteiger partial charge in [-0.3, -0.25) is 4.79 Å². The SMILES string of the molecule is COC(=O)CCSCCC(C)Br. The van der Waals surface area contributed by atoms with Crippen molar-refractivity contribution >= 4 is 33.7 Å². The molecule has 0 aromatic rings. The summed E-state index contributed by atoms with van der Waals surface area (Å²) < 4.78 is 4.52. The number of methoxy groups -OCH3 is 1. The average Bonchev–Trinajstić information content (AvgIpc) is 2.03. The van der Waals surface area contributed by atoms with Crippen LogP contribution in [-0.4, -0.2) is 29.4 Å². The van der Waals surface area contributed by atoms with Crippen LogP contribution in [0.2, 0.25) is 0 Å². The molecule has 0 saturated carbocycles. The first-order valence-electron chi connectivity index (χ1n) is 3.95. The molecule has 12 heavy (non-hydrogen) atoms. The number of carbonyl (C=O) groups excluding carboxylic acids is 1. The van der Waals surface area contributed by atoms with Crippen molar-refractivity contribution in [2.24, 2.45) is 0 Å². The largest absolute Gasteiger partial charge is 0.469 e. The topological polar surface area (TPSA) is 26.3 Å². The number of hydrogen-bond donors (Lipinski definition) is 0. The van der Waals surface area contributed by atoms with Crippen molar-refractivity contribution in [2.45, 2.75) is 24.6 Å². The van der Waals surface area contributed by atoms with E-state index in [0.29, 0.717) is 11.2 Å². The smallest absolute Gasteiger partial charge is 0.306 e. The lowest BCUT2D eigenvalue weighted by molar-refractivity contribution is -0.140. The van der Waals surface area contributed by atoms with Gasteiger partial charge >= 0.3 is 5.97 Å². The van der Waals surface area contributed by atoms with Crippen molar-refractivity contribution in [3.05, 3.63) is 0 Å². The molecule has 0 aliphatic carbocycles. The van der Waals surface area contributed by atoms with E-state index in [0.717, 1.165) is 17.9 Å². The normalized spacial score (nSPS) is 12.6. The summed E-state index contributed by atoms with van der Waals surface area (Å²) >= 11 is 5.26. The second kappa shape index (κ2) is 7.92. The van der Waals surface area contributed by atoms with Crippen LogP contribution >= 0.6 is 27.7 Å². The summed E-state index contributed by atoms with van der Waals surface area (Å²) in [7, 11) is 1.42. The summed E-state index contributed by atoms with van der Waals surface area (Å²) in [6.45, 7) is 2.13. The summed E-state index contributed by atoms with van der Waals surface area (Å²) in [6.07, 6.45) is 1.67. The van der Waals surface area contributed by atoms with Crippen molar-refractivity contribution in [3.63, 3.8) is 0 Å². The zero-order valence-corrected chi connectivity index (χ0v) is 9.91. The number of alkyl halides is 1. The highest BCUT2D eigenvalue weighted by Gasteiger charge is 2.00. The Labute approximate surface area is 86.6 Å². The minimum absolute atomic E-state index is 0.116. The molecule has 0 radical (unpaired) electrons. The summed E-state index contributed by atoms with van der Waals surface area (Å²) in [6, 6.07) is 0. The third-order valence-corrected chi connectivity index (χ3v) is 2.81. The van der Waals surface area contributed by atoms with Crippen LogP contribution in [0.1, 0.15) is 19.8 Å². The molecule has 1 atom stereocenters. The highest BCUT2D eigenvalue weighted by atomic mass is 79.9. The molecule has 0 fully saturated rings. The average molecular weight is 255 g/mol. The van der Waals surface area contributed by atoms with Crippen LogP contribution in [-0.2, 0) is 9.53 Å². The number of thioether (sulfide) groups is 1. The Kier molecular flexibility index (Phi) is 8.12. The van der Waals surface area contributed by atoms with Gasteiger partial charge in [-0.2, -0.15) is 11.8 Å². The Bertz CT molecular complexity index is 128. The van der Waals surface area contributed by atoms with E-state index >= 15 is 0 Å². The summed E-state index contributed by atoms with van der Waals surface area (Å²) in [5.74, 6) is 1.85. The zero-order chi connectivity index (χ0) is 9.40. The first-order valence-corrected chi connectivity index (χ1v) is 6.02. The van der Waals surface area contributed by atoms with Crippen LogP contribution in [0.5, 0.6) is 0 Å². The molecular weight excluding hydrogens is 240 g/mol. The predicted molar refractivity (Wildman–Crippen MR) is 57.0 cm³/mol. The van der Waals surface area contributed by atoms with Crippen LogP contribution in [0.15, 0.2) is 0 Å². The van der Waals surface area contributed by atoms with Crippen LogP contribution in [0, 0.1) is 0 Å². The van der Waals surface area contributed by atoms with E-state index in [1.54, 1.807) is 11.8 Å². The summed E-state index contributed by atoms with van der Waals surface area (Å²) in [5, 5.41) is 0. The Balaban J connectivity index is 3.05. The van der Waals surface area contributed by atoms with E-state index in [4.69, 9.17) is 0 Å². The fourth-order valence-corrected chi connectivity index (χ4v) is 2.17. The van der Waals surface area contributed by atoms with Crippen LogP contribution < -0.4 is 0 Å². The molecule has 0 aliphatic heterocycles. The van der Waals surface area contributed by atoms with E-state index in [9.17, 15) is 4.79 Å². The fraction of sp³-hybridized carbons (Fsp3) is 0.875. The van der Waals surface area contributed by atoms with Crippen LogP contribution in [0.25, 0.3) is 0 Å². The van der Waals surface area contributed by atoms with Crippen molar-refractivity contribution in [1.82, 2.24) is 0 Å². The molecule has 0 aromatic carbocycles. The Morgan fingerprint density at radius 2 is 2.25 bits per heavy atom. The Hall–Kier alpha value is 0.300. The van der Waals surface area contributed by atoms with Gasteiger partial charge in [0.05, 0.1) is 13.5 Å². The van der Waals surface area contributed by atoms with Gasteiger partial charge in [-0.15, -0.1) is 0 Å². The molecule has 0 spiro atoms. The molecular formula is C8H15BrO2S. The third kappa shape index (κ3) is 8.40. The van der Waals surface area contributed by atoms with Crippen molar-refractivity contribution < 1.29 is 9.53 Å². The molecule has 0 bridgehead atoms. The Morgan fingerprint density at radius 1 is 1.58 bits per heavy atom. The number of hydrogen-bond acceptors (Lipinski definition) is 3. The fourth-order valence-electron chi connectivity index (χ4n) is 0.605. The maximum atomic E-state index is 10.7. The molecule has 1 unspecified atom stereocenters. The van der Waals surface area contributed by atoms with Crippen LogP contribution in [0.4, 0.5) is 0 Å². The first kappa shape index (κ1) is 12.3. The van der Waals surface area contributed by atoms with Gasteiger partial charge in [0.2, 0.25) is 0 Å². The quantitative estimate of drug-likeness (QED) is 0.414.